The standard InChI is InChI=1S/C15H20FN3O/c1-10(2)17-9-13-18-14(19-20-13)15(3,4)11-5-7-12(16)8-6-11/h5-8,10,17H,9H2,1-4H3. The van der Waals surface area contributed by atoms with Crippen molar-refractivity contribution in [2.45, 2.75) is 45.7 Å². The molecular formula is C15H20FN3O. The fraction of sp³-hybridized carbons (Fsp3) is 0.467. The zero-order chi connectivity index (χ0) is 14.8. The predicted octanol–water partition coefficient (Wildman–Crippen LogP) is 3.03. The van der Waals surface area contributed by atoms with E-state index >= 15 is 0 Å². The third-order valence-corrected chi connectivity index (χ3v) is 3.25. The summed E-state index contributed by atoms with van der Waals surface area (Å²) in [6.45, 7) is 8.64. The Labute approximate surface area is 118 Å². The second kappa shape index (κ2) is 5.71. The van der Waals surface area contributed by atoms with Gasteiger partial charge in [0.15, 0.2) is 5.82 Å². The molecule has 5 heteroatoms. The fourth-order valence-corrected chi connectivity index (χ4v) is 1.87. The number of nitrogens with zero attached hydrogens (tertiary/aromatic N) is 2. The van der Waals surface area contributed by atoms with Crippen LogP contribution in [0.5, 0.6) is 0 Å². The minimum absolute atomic E-state index is 0.250. The molecule has 1 heterocycles. The highest BCUT2D eigenvalue weighted by molar-refractivity contribution is 5.30. The van der Waals surface area contributed by atoms with Crippen molar-refractivity contribution in [3.05, 3.63) is 47.4 Å². The van der Waals surface area contributed by atoms with Crippen LogP contribution in [0.3, 0.4) is 0 Å². The molecule has 1 aromatic carbocycles. The van der Waals surface area contributed by atoms with Crippen LogP contribution in [-0.2, 0) is 12.0 Å². The third-order valence-electron chi connectivity index (χ3n) is 3.25. The highest BCUT2D eigenvalue weighted by Crippen LogP contribution is 2.29. The average molecular weight is 277 g/mol. The molecule has 0 aliphatic rings. The summed E-state index contributed by atoms with van der Waals surface area (Å²) < 4.78 is 18.2. The van der Waals surface area contributed by atoms with Gasteiger partial charge in [0.1, 0.15) is 5.82 Å². The van der Waals surface area contributed by atoms with Crippen molar-refractivity contribution in [1.29, 1.82) is 0 Å². The largest absolute Gasteiger partial charge is 0.338 e. The number of aromatic nitrogens is 2. The molecule has 0 spiro atoms. The Morgan fingerprint density at radius 1 is 1.25 bits per heavy atom. The molecule has 108 valence electrons. The number of halogens is 1. The zero-order valence-corrected chi connectivity index (χ0v) is 12.3. The quantitative estimate of drug-likeness (QED) is 0.912. The Kier molecular flexibility index (Phi) is 4.18. The molecule has 0 saturated carbocycles. The number of hydrogen-bond donors (Lipinski definition) is 1. The lowest BCUT2D eigenvalue weighted by atomic mass is 9.84. The van der Waals surface area contributed by atoms with Gasteiger partial charge in [0.25, 0.3) is 0 Å². The molecule has 0 atom stereocenters. The fourth-order valence-electron chi connectivity index (χ4n) is 1.87. The van der Waals surface area contributed by atoms with Crippen molar-refractivity contribution in [1.82, 2.24) is 15.5 Å². The van der Waals surface area contributed by atoms with Crippen molar-refractivity contribution in [2.24, 2.45) is 0 Å². The van der Waals surface area contributed by atoms with Crippen LogP contribution in [-0.4, -0.2) is 16.2 Å². The van der Waals surface area contributed by atoms with Gasteiger partial charge in [0.2, 0.25) is 5.89 Å². The highest BCUT2D eigenvalue weighted by Gasteiger charge is 2.28. The van der Waals surface area contributed by atoms with E-state index in [0.29, 0.717) is 24.3 Å². The molecule has 20 heavy (non-hydrogen) atoms. The molecule has 4 nitrogen and oxygen atoms in total. The van der Waals surface area contributed by atoms with Crippen molar-refractivity contribution < 1.29 is 8.91 Å². The summed E-state index contributed by atoms with van der Waals surface area (Å²) in [7, 11) is 0. The lowest BCUT2D eigenvalue weighted by molar-refractivity contribution is 0.352. The summed E-state index contributed by atoms with van der Waals surface area (Å²) in [5.41, 5.74) is 0.524. The third kappa shape index (κ3) is 3.22. The van der Waals surface area contributed by atoms with Gasteiger partial charge in [0.05, 0.1) is 12.0 Å². The molecule has 0 fully saturated rings. The van der Waals surface area contributed by atoms with Gasteiger partial charge in [-0.1, -0.05) is 31.1 Å². The topological polar surface area (TPSA) is 51.0 Å². The molecular weight excluding hydrogens is 257 g/mol. The van der Waals surface area contributed by atoms with Crippen molar-refractivity contribution in [2.75, 3.05) is 0 Å². The van der Waals surface area contributed by atoms with E-state index in [1.54, 1.807) is 12.1 Å². The van der Waals surface area contributed by atoms with Crippen LogP contribution in [0.1, 0.15) is 45.0 Å². The number of nitrogens with one attached hydrogen (secondary N) is 1. The van der Waals surface area contributed by atoms with E-state index in [-0.39, 0.29) is 5.82 Å². The van der Waals surface area contributed by atoms with Crippen LogP contribution in [0.25, 0.3) is 0 Å². The smallest absolute Gasteiger partial charge is 0.240 e. The Balaban J connectivity index is 2.19. The second-order valence-electron chi connectivity index (χ2n) is 5.68. The molecule has 0 amide bonds. The molecule has 2 rings (SSSR count). The molecule has 0 saturated heterocycles. The summed E-state index contributed by atoms with van der Waals surface area (Å²) >= 11 is 0. The predicted molar refractivity (Wildman–Crippen MR) is 74.8 cm³/mol. The first-order chi connectivity index (χ1) is 9.39. The molecule has 2 aromatic rings. The SMILES string of the molecule is CC(C)NCc1nc(C(C)(C)c2ccc(F)cc2)no1. The number of benzene rings is 1. The van der Waals surface area contributed by atoms with E-state index in [0.717, 1.165) is 5.56 Å². The van der Waals surface area contributed by atoms with Gasteiger partial charge in [0, 0.05) is 6.04 Å². The van der Waals surface area contributed by atoms with Crippen LogP contribution in [0.2, 0.25) is 0 Å². The summed E-state index contributed by atoms with van der Waals surface area (Å²) in [6, 6.07) is 6.74. The minimum atomic E-state index is -0.423. The summed E-state index contributed by atoms with van der Waals surface area (Å²) in [4.78, 5) is 4.42. The van der Waals surface area contributed by atoms with E-state index in [2.05, 4.69) is 29.3 Å². The van der Waals surface area contributed by atoms with E-state index in [1.165, 1.54) is 12.1 Å². The first kappa shape index (κ1) is 14.7. The van der Waals surface area contributed by atoms with E-state index < -0.39 is 5.41 Å². The minimum Gasteiger partial charge on any atom is -0.338 e. The Morgan fingerprint density at radius 2 is 1.90 bits per heavy atom. The Hall–Kier alpha value is -1.75. The van der Waals surface area contributed by atoms with Gasteiger partial charge in [-0.05, 0) is 31.5 Å². The lowest BCUT2D eigenvalue weighted by Gasteiger charge is -2.20. The molecule has 0 radical (unpaired) electrons. The highest BCUT2D eigenvalue weighted by atomic mass is 19.1. The summed E-state index contributed by atoms with van der Waals surface area (Å²) in [6.07, 6.45) is 0. The van der Waals surface area contributed by atoms with Gasteiger partial charge >= 0.3 is 0 Å². The normalized spacial score (nSPS) is 12.1. The zero-order valence-electron chi connectivity index (χ0n) is 12.3. The molecule has 1 aromatic heterocycles. The van der Waals surface area contributed by atoms with Gasteiger partial charge in [-0.15, -0.1) is 0 Å². The van der Waals surface area contributed by atoms with Gasteiger partial charge in [-0.2, -0.15) is 4.98 Å². The van der Waals surface area contributed by atoms with Crippen LogP contribution in [0, 0.1) is 5.82 Å². The molecule has 1 N–H and O–H groups in total. The first-order valence-corrected chi connectivity index (χ1v) is 6.72. The Bertz CT molecular complexity index is 561. The average Bonchev–Trinajstić information content (AvgIpc) is 2.86. The lowest BCUT2D eigenvalue weighted by Crippen LogP contribution is -2.23. The summed E-state index contributed by atoms with van der Waals surface area (Å²) in [5.74, 6) is 0.910. The number of rotatable bonds is 5. The maximum atomic E-state index is 13.0. The van der Waals surface area contributed by atoms with Gasteiger partial charge in [-0.3, -0.25) is 0 Å². The van der Waals surface area contributed by atoms with Crippen molar-refractivity contribution in [3.63, 3.8) is 0 Å². The molecule has 0 aliphatic carbocycles. The van der Waals surface area contributed by atoms with Crippen LogP contribution in [0.4, 0.5) is 4.39 Å². The second-order valence-corrected chi connectivity index (χ2v) is 5.68. The van der Waals surface area contributed by atoms with Crippen LogP contribution >= 0.6 is 0 Å². The van der Waals surface area contributed by atoms with Gasteiger partial charge in [-0.25, -0.2) is 4.39 Å². The molecule has 0 aliphatic heterocycles. The van der Waals surface area contributed by atoms with Crippen molar-refractivity contribution >= 4 is 0 Å². The van der Waals surface area contributed by atoms with Crippen LogP contribution < -0.4 is 5.32 Å². The van der Waals surface area contributed by atoms with Crippen LogP contribution in [0.15, 0.2) is 28.8 Å². The van der Waals surface area contributed by atoms with E-state index in [1.807, 2.05) is 13.8 Å². The molecule has 0 bridgehead atoms. The van der Waals surface area contributed by atoms with E-state index in [4.69, 9.17) is 4.52 Å². The monoisotopic (exact) mass is 277 g/mol. The number of hydrogen-bond acceptors (Lipinski definition) is 4. The molecule has 0 unspecified atom stereocenters. The van der Waals surface area contributed by atoms with Crippen molar-refractivity contribution in [3.8, 4) is 0 Å². The van der Waals surface area contributed by atoms with E-state index in [9.17, 15) is 4.39 Å². The Morgan fingerprint density at radius 3 is 2.50 bits per heavy atom. The maximum Gasteiger partial charge on any atom is 0.240 e. The first-order valence-electron chi connectivity index (χ1n) is 6.72. The maximum absolute atomic E-state index is 13.0. The summed E-state index contributed by atoms with van der Waals surface area (Å²) in [5, 5.41) is 7.27. The van der Waals surface area contributed by atoms with Gasteiger partial charge < -0.3 is 9.84 Å².